The average Bonchev–Trinajstić information content (AvgIpc) is 3.52. The van der Waals surface area contributed by atoms with Crippen LogP contribution in [0.3, 0.4) is 0 Å². The fourth-order valence-electron chi connectivity index (χ4n) is 5.75. The van der Waals surface area contributed by atoms with Gasteiger partial charge in [-0.25, -0.2) is 4.98 Å². The number of ether oxygens (including phenoxy) is 2. The molecule has 2 amide bonds. The first-order valence-electron chi connectivity index (χ1n) is 12.9. The summed E-state index contributed by atoms with van der Waals surface area (Å²) in [5, 5.41) is 3.87. The molecule has 0 fully saturated rings. The predicted molar refractivity (Wildman–Crippen MR) is 155 cm³/mol. The van der Waals surface area contributed by atoms with Gasteiger partial charge in [0.1, 0.15) is 17.3 Å². The van der Waals surface area contributed by atoms with Crippen molar-refractivity contribution in [3.05, 3.63) is 87.7 Å². The number of methoxy groups -OCH3 is 1. The number of rotatable bonds is 6. The Balaban J connectivity index is 1.69. The Morgan fingerprint density at radius 3 is 2.50 bits per heavy atom. The van der Waals surface area contributed by atoms with Gasteiger partial charge in [0.15, 0.2) is 11.2 Å². The highest BCUT2D eigenvalue weighted by atomic mass is 35.5. The summed E-state index contributed by atoms with van der Waals surface area (Å²) in [4.78, 5) is 35.0. The fraction of sp³-hybridized carbons (Fsp3) is 0.233. The van der Waals surface area contributed by atoms with E-state index >= 15 is 0 Å². The van der Waals surface area contributed by atoms with Crippen LogP contribution < -0.4 is 19.7 Å². The molecule has 1 atom stereocenters. The summed E-state index contributed by atoms with van der Waals surface area (Å²) >= 11 is 12.7. The van der Waals surface area contributed by atoms with Crippen LogP contribution in [0.25, 0.3) is 11.4 Å². The van der Waals surface area contributed by atoms with Crippen LogP contribution in [0.2, 0.25) is 10.0 Å². The SMILES string of the molecule is CCOc1ccc(-c2nc3c(n2C(C)C)[C@@]2(C(=O)Nc4cc(Cl)ccc42)N(c2cccc(Cl)c2)C3=O)c(OC)c1. The number of carbonyl (C=O) groups excluding carboxylic acids is 2. The highest BCUT2D eigenvalue weighted by molar-refractivity contribution is 6.32. The van der Waals surface area contributed by atoms with Gasteiger partial charge in [-0.2, -0.15) is 0 Å². The summed E-state index contributed by atoms with van der Waals surface area (Å²) in [5.74, 6) is 0.893. The normalized spacial score (nSPS) is 17.4. The number of anilines is 2. The maximum Gasteiger partial charge on any atom is 0.280 e. The van der Waals surface area contributed by atoms with Gasteiger partial charge in [-0.1, -0.05) is 35.3 Å². The number of nitrogens with zero attached hydrogens (tertiary/aromatic N) is 3. The first kappa shape index (κ1) is 26.2. The molecule has 8 nitrogen and oxygen atoms in total. The van der Waals surface area contributed by atoms with E-state index in [4.69, 9.17) is 37.7 Å². The Bertz CT molecular complexity index is 1700. The third-order valence-electron chi connectivity index (χ3n) is 7.25. The molecule has 0 saturated heterocycles. The van der Waals surface area contributed by atoms with Gasteiger partial charge in [0.2, 0.25) is 0 Å². The van der Waals surface area contributed by atoms with Crippen LogP contribution in [0.5, 0.6) is 11.5 Å². The summed E-state index contributed by atoms with van der Waals surface area (Å²) in [6.07, 6.45) is 0. The molecule has 0 aliphatic carbocycles. The molecule has 0 saturated carbocycles. The Labute approximate surface area is 241 Å². The topological polar surface area (TPSA) is 85.7 Å². The second-order valence-electron chi connectivity index (χ2n) is 9.87. The Hall–Kier alpha value is -4.01. The van der Waals surface area contributed by atoms with E-state index in [1.54, 1.807) is 55.6 Å². The van der Waals surface area contributed by atoms with Gasteiger partial charge in [0.05, 0.1) is 25.0 Å². The van der Waals surface area contributed by atoms with Gasteiger partial charge in [-0.05, 0) is 63.2 Å². The van der Waals surface area contributed by atoms with Crippen molar-refractivity contribution >= 4 is 46.4 Å². The largest absolute Gasteiger partial charge is 0.496 e. The Morgan fingerprint density at radius 1 is 1.02 bits per heavy atom. The predicted octanol–water partition coefficient (Wildman–Crippen LogP) is 6.70. The first-order chi connectivity index (χ1) is 19.2. The number of carbonyl (C=O) groups is 2. The molecule has 0 bridgehead atoms. The minimum atomic E-state index is -1.55. The van der Waals surface area contributed by atoms with Gasteiger partial charge in [0.25, 0.3) is 11.8 Å². The van der Waals surface area contributed by atoms with E-state index in [9.17, 15) is 9.59 Å². The van der Waals surface area contributed by atoms with Gasteiger partial charge < -0.3 is 19.4 Å². The summed E-state index contributed by atoms with van der Waals surface area (Å²) in [6, 6.07) is 17.4. The van der Waals surface area contributed by atoms with Crippen molar-refractivity contribution in [1.82, 2.24) is 9.55 Å². The molecule has 204 valence electrons. The van der Waals surface area contributed by atoms with Crippen molar-refractivity contribution in [2.75, 3.05) is 23.9 Å². The van der Waals surface area contributed by atoms with Crippen LogP contribution in [0.15, 0.2) is 60.7 Å². The Kier molecular flexibility index (Phi) is 6.27. The fourth-order valence-corrected chi connectivity index (χ4v) is 6.11. The number of nitrogens with one attached hydrogen (secondary N) is 1. The number of benzene rings is 3. The third-order valence-corrected chi connectivity index (χ3v) is 7.72. The molecule has 40 heavy (non-hydrogen) atoms. The van der Waals surface area contributed by atoms with E-state index in [-0.39, 0.29) is 17.6 Å². The summed E-state index contributed by atoms with van der Waals surface area (Å²) in [6.45, 7) is 6.39. The minimum Gasteiger partial charge on any atom is -0.496 e. The molecule has 3 aromatic carbocycles. The van der Waals surface area contributed by atoms with Crippen LogP contribution in [0, 0.1) is 0 Å². The number of hydrogen-bond acceptors (Lipinski definition) is 5. The van der Waals surface area contributed by atoms with Gasteiger partial charge in [0, 0.05) is 39.1 Å². The lowest BCUT2D eigenvalue weighted by Gasteiger charge is -2.35. The van der Waals surface area contributed by atoms with Crippen LogP contribution in [0.1, 0.15) is 48.6 Å². The van der Waals surface area contributed by atoms with Crippen molar-refractivity contribution in [2.24, 2.45) is 0 Å². The molecule has 1 N–H and O–H groups in total. The van der Waals surface area contributed by atoms with Crippen LogP contribution >= 0.6 is 23.2 Å². The van der Waals surface area contributed by atoms with E-state index < -0.39 is 11.4 Å². The van der Waals surface area contributed by atoms with Crippen molar-refractivity contribution in [1.29, 1.82) is 0 Å². The molecule has 6 rings (SSSR count). The highest BCUT2D eigenvalue weighted by Gasteiger charge is 2.64. The number of fused-ring (bicyclic) bond motifs is 4. The number of halogens is 2. The zero-order valence-electron chi connectivity index (χ0n) is 22.3. The molecular formula is C30H26Cl2N4O4. The van der Waals surface area contributed by atoms with Crippen molar-refractivity contribution in [2.45, 2.75) is 32.4 Å². The zero-order chi connectivity index (χ0) is 28.3. The van der Waals surface area contributed by atoms with Crippen molar-refractivity contribution < 1.29 is 19.1 Å². The van der Waals surface area contributed by atoms with Crippen LogP contribution in [-0.4, -0.2) is 35.1 Å². The third kappa shape index (κ3) is 3.63. The molecule has 1 spiro atoms. The molecule has 0 radical (unpaired) electrons. The quantitative estimate of drug-likeness (QED) is 0.276. The summed E-state index contributed by atoms with van der Waals surface area (Å²) < 4.78 is 13.3. The summed E-state index contributed by atoms with van der Waals surface area (Å²) in [5.41, 5.74) is 1.37. The lowest BCUT2D eigenvalue weighted by atomic mass is 9.87. The molecule has 0 unspecified atom stereocenters. The standard InChI is InChI=1S/C30H26Cl2N4O4/c1-5-40-20-10-11-21(24(15-20)39-4)27-34-25-26(35(27)16(2)3)30(22-12-9-18(32)14-23(22)33-29(30)38)36(28(25)37)19-8-6-7-17(31)13-19/h6-16H,5H2,1-4H3,(H,33,38)/t30-/m0/s1. The van der Waals surface area contributed by atoms with Gasteiger partial charge >= 0.3 is 0 Å². The lowest BCUT2D eigenvalue weighted by molar-refractivity contribution is -0.119. The van der Waals surface area contributed by atoms with Crippen molar-refractivity contribution in [3.63, 3.8) is 0 Å². The van der Waals surface area contributed by atoms with E-state index in [1.807, 2.05) is 37.5 Å². The van der Waals surface area contributed by atoms with E-state index in [0.717, 1.165) is 0 Å². The Morgan fingerprint density at radius 2 is 1.80 bits per heavy atom. The molecule has 1 aromatic heterocycles. The molecule has 4 aromatic rings. The van der Waals surface area contributed by atoms with Gasteiger partial charge in [-0.15, -0.1) is 0 Å². The second kappa shape index (κ2) is 9.57. The number of hydrogen-bond donors (Lipinski definition) is 1. The van der Waals surface area contributed by atoms with E-state index in [1.165, 1.54) is 4.90 Å². The number of aromatic nitrogens is 2. The first-order valence-corrected chi connectivity index (χ1v) is 13.6. The monoisotopic (exact) mass is 576 g/mol. The second-order valence-corrected chi connectivity index (χ2v) is 10.7. The van der Waals surface area contributed by atoms with Gasteiger partial charge in [-0.3, -0.25) is 14.5 Å². The lowest BCUT2D eigenvalue weighted by Crippen LogP contribution is -2.51. The van der Waals surface area contributed by atoms with Crippen LogP contribution in [0.4, 0.5) is 11.4 Å². The van der Waals surface area contributed by atoms with E-state index in [0.29, 0.717) is 62.2 Å². The molecule has 10 heteroatoms. The average molecular weight is 577 g/mol. The molecule has 2 aliphatic rings. The summed E-state index contributed by atoms with van der Waals surface area (Å²) in [7, 11) is 1.57. The molecular weight excluding hydrogens is 551 g/mol. The zero-order valence-corrected chi connectivity index (χ0v) is 23.8. The number of amides is 2. The van der Waals surface area contributed by atoms with Crippen molar-refractivity contribution in [3.8, 4) is 22.9 Å². The van der Waals surface area contributed by atoms with Crippen LogP contribution in [-0.2, 0) is 10.3 Å². The van der Waals surface area contributed by atoms with E-state index in [2.05, 4.69) is 5.32 Å². The maximum absolute atomic E-state index is 14.4. The molecule has 2 aliphatic heterocycles. The highest BCUT2D eigenvalue weighted by Crippen LogP contribution is 2.54. The number of imidazole rings is 1. The maximum atomic E-state index is 14.4. The minimum absolute atomic E-state index is 0.178. The smallest absolute Gasteiger partial charge is 0.280 e. The molecule has 3 heterocycles.